The van der Waals surface area contributed by atoms with Gasteiger partial charge in [-0.25, -0.2) is 14.6 Å². The van der Waals surface area contributed by atoms with Crippen LogP contribution in [0.4, 0.5) is 0 Å². The number of carboxylic acids is 1. The maximum Gasteiger partial charge on any atom is 0.358 e. The summed E-state index contributed by atoms with van der Waals surface area (Å²) < 4.78 is 9.57. The first-order chi connectivity index (χ1) is 9.11. The summed E-state index contributed by atoms with van der Waals surface area (Å²) >= 11 is 0. The number of aromatic carboxylic acids is 1. The molecule has 0 unspecified atom stereocenters. The molecule has 0 aliphatic rings. The predicted octanol–water partition coefficient (Wildman–Crippen LogP) is 1.48. The van der Waals surface area contributed by atoms with Crippen LogP contribution in [-0.4, -0.2) is 35.7 Å². The molecule has 2 rings (SSSR count). The van der Waals surface area contributed by atoms with Crippen molar-refractivity contribution in [1.82, 2.24) is 4.98 Å². The van der Waals surface area contributed by atoms with E-state index < -0.39 is 11.9 Å². The highest BCUT2D eigenvalue weighted by molar-refractivity contribution is 5.93. The lowest BCUT2D eigenvalue weighted by Crippen LogP contribution is -2.15. The third-order valence-corrected chi connectivity index (χ3v) is 2.46. The minimum Gasteiger partial charge on any atom is -0.479 e. The van der Waals surface area contributed by atoms with Crippen LogP contribution in [-0.2, 0) is 9.53 Å². The third kappa shape index (κ3) is 2.79. The topological polar surface area (TPSA) is 85.7 Å². The van der Waals surface area contributed by atoms with Crippen molar-refractivity contribution in [2.75, 3.05) is 13.7 Å². The number of carbonyl (C=O) groups is 2. The molecule has 0 aliphatic heterocycles. The Labute approximate surface area is 108 Å². The predicted molar refractivity (Wildman–Crippen MR) is 66.2 cm³/mol. The number of nitrogens with zero attached hydrogens (tertiary/aromatic N) is 1. The first-order valence-electron chi connectivity index (χ1n) is 5.44. The van der Waals surface area contributed by atoms with Gasteiger partial charge in [0.25, 0.3) is 0 Å². The van der Waals surface area contributed by atoms with Crippen LogP contribution in [0.25, 0.3) is 10.9 Å². The average Bonchev–Trinajstić information content (AvgIpc) is 2.43. The number of hydrogen-bond acceptors (Lipinski definition) is 5. The molecule has 1 aromatic carbocycles. The van der Waals surface area contributed by atoms with Gasteiger partial charge in [-0.1, -0.05) is 18.2 Å². The summed E-state index contributed by atoms with van der Waals surface area (Å²) in [6, 6.07) is 8.57. The van der Waals surface area contributed by atoms with E-state index in [9.17, 15) is 9.59 Å². The molecule has 6 nitrogen and oxygen atoms in total. The van der Waals surface area contributed by atoms with Crippen molar-refractivity contribution in [2.24, 2.45) is 0 Å². The number of aromatic nitrogens is 1. The number of carbonyl (C=O) groups excluding carboxylic acids is 1. The van der Waals surface area contributed by atoms with E-state index in [2.05, 4.69) is 9.72 Å². The van der Waals surface area contributed by atoms with Crippen LogP contribution < -0.4 is 4.74 Å². The zero-order valence-electron chi connectivity index (χ0n) is 10.1. The fourth-order valence-corrected chi connectivity index (χ4v) is 1.56. The number of carboxylic acid groups (broad SMARTS) is 1. The van der Waals surface area contributed by atoms with Gasteiger partial charge in [-0.3, -0.25) is 0 Å². The lowest BCUT2D eigenvalue weighted by molar-refractivity contribution is -0.142. The van der Waals surface area contributed by atoms with Gasteiger partial charge in [0.1, 0.15) is 0 Å². The number of pyridine rings is 1. The Balaban J connectivity index is 2.42. The zero-order chi connectivity index (χ0) is 13.8. The Hall–Kier alpha value is -2.63. The van der Waals surface area contributed by atoms with E-state index in [0.29, 0.717) is 5.52 Å². The maximum absolute atomic E-state index is 11.1. The van der Waals surface area contributed by atoms with Crippen LogP contribution in [0.15, 0.2) is 30.3 Å². The van der Waals surface area contributed by atoms with Gasteiger partial charge in [0.15, 0.2) is 18.1 Å². The number of benzene rings is 1. The Kier molecular flexibility index (Phi) is 3.61. The van der Waals surface area contributed by atoms with Gasteiger partial charge in [-0.05, 0) is 12.1 Å². The van der Waals surface area contributed by atoms with Gasteiger partial charge in [0.05, 0.1) is 12.6 Å². The average molecular weight is 261 g/mol. The van der Waals surface area contributed by atoms with Gasteiger partial charge < -0.3 is 14.6 Å². The molecule has 1 N–H and O–H groups in total. The number of hydrogen-bond donors (Lipinski definition) is 1. The Bertz CT molecular complexity index is 638. The SMILES string of the molecule is COC(=O)COc1cc2ccccc2nc1C(=O)O. The maximum atomic E-state index is 11.1. The molecule has 2 aromatic rings. The number of esters is 1. The highest BCUT2D eigenvalue weighted by atomic mass is 16.6. The number of para-hydroxylation sites is 1. The van der Waals surface area contributed by atoms with E-state index >= 15 is 0 Å². The molecule has 0 atom stereocenters. The van der Waals surface area contributed by atoms with E-state index in [1.165, 1.54) is 13.2 Å². The molecular weight excluding hydrogens is 250 g/mol. The first kappa shape index (κ1) is 12.8. The molecule has 0 radical (unpaired) electrons. The van der Waals surface area contributed by atoms with Crippen LogP contribution in [0, 0.1) is 0 Å². The van der Waals surface area contributed by atoms with Crippen LogP contribution in [0.5, 0.6) is 5.75 Å². The second-order valence-corrected chi connectivity index (χ2v) is 3.70. The van der Waals surface area contributed by atoms with E-state index in [-0.39, 0.29) is 18.1 Å². The minimum absolute atomic E-state index is 0.0385. The van der Waals surface area contributed by atoms with Crippen molar-refractivity contribution < 1.29 is 24.2 Å². The van der Waals surface area contributed by atoms with Gasteiger partial charge in [-0.2, -0.15) is 0 Å². The standard InChI is InChI=1S/C13H11NO5/c1-18-11(15)7-19-10-6-8-4-2-3-5-9(8)14-12(10)13(16)17/h2-6H,7H2,1H3,(H,16,17). The summed E-state index contributed by atoms with van der Waals surface area (Å²) in [6.07, 6.45) is 0. The van der Waals surface area contributed by atoms with Gasteiger partial charge in [0.2, 0.25) is 0 Å². The second-order valence-electron chi connectivity index (χ2n) is 3.70. The van der Waals surface area contributed by atoms with Gasteiger partial charge in [0, 0.05) is 5.39 Å². The van der Waals surface area contributed by atoms with Crippen molar-refractivity contribution in [1.29, 1.82) is 0 Å². The highest BCUT2D eigenvalue weighted by Gasteiger charge is 2.16. The molecule has 0 fully saturated rings. The lowest BCUT2D eigenvalue weighted by Gasteiger charge is -2.08. The molecule has 1 aromatic heterocycles. The molecular formula is C13H11NO5. The molecule has 0 spiro atoms. The molecule has 19 heavy (non-hydrogen) atoms. The largest absolute Gasteiger partial charge is 0.479 e. The van der Waals surface area contributed by atoms with E-state index in [0.717, 1.165) is 5.39 Å². The fraction of sp³-hybridized carbons (Fsp3) is 0.154. The monoisotopic (exact) mass is 261 g/mol. The van der Waals surface area contributed by atoms with Crippen molar-refractivity contribution in [3.05, 3.63) is 36.0 Å². The zero-order valence-corrected chi connectivity index (χ0v) is 10.1. The molecule has 6 heteroatoms. The van der Waals surface area contributed by atoms with E-state index in [1.54, 1.807) is 24.3 Å². The molecule has 0 amide bonds. The van der Waals surface area contributed by atoms with Crippen LogP contribution in [0.1, 0.15) is 10.5 Å². The summed E-state index contributed by atoms with van der Waals surface area (Å²) in [5.41, 5.74) is 0.313. The van der Waals surface area contributed by atoms with Gasteiger partial charge >= 0.3 is 11.9 Å². The Morgan fingerprint density at radius 1 is 1.32 bits per heavy atom. The highest BCUT2D eigenvalue weighted by Crippen LogP contribution is 2.23. The second kappa shape index (κ2) is 5.34. The molecule has 98 valence electrons. The minimum atomic E-state index is -1.22. The summed E-state index contributed by atoms with van der Waals surface area (Å²) in [6.45, 7) is -0.364. The van der Waals surface area contributed by atoms with Gasteiger partial charge in [-0.15, -0.1) is 0 Å². The van der Waals surface area contributed by atoms with Crippen molar-refractivity contribution in [2.45, 2.75) is 0 Å². The molecule has 0 aliphatic carbocycles. The van der Waals surface area contributed by atoms with Crippen LogP contribution in [0.3, 0.4) is 0 Å². The molecule has 0 bridgehead atoms. The fourth-order valence-electron chi connectivity index (χ4n) is 1.56. The van der Waals surface area contributed by atoms with E-state index in [4.69, 9.17) is 9.84 Å². The molecule has 0 saturated heterocycles. The number of rotatable bonds is 4. The summed E-state index contributed by atoms with van der Waals surface area (Å²) in [7, 11) is 1.22. The van der Waals surface area contributed by atoms with Crippen molar-refractivity contribution >= 4 is 22.8 Å². The smallest absolute Gasteiger partial charge is 0.358 e. The van der Waals surface area contributed by atoms with Crippen LogP contribution in [0.2, 0.25) is 0 Å². The lowest BCUT2D eigenvalue weighted by atomic mass is 10.2. The molecule has 0 saturated carbocycles. The van der Waals surface area contributed by atoms with Crippen molar-refractivity contribution in [3.8, 4) is 5.75 Å². The summed E-state index contributed by atoms with van der Waals surface area (Å²) in [5, 5.41) is 9.82. The third-order valence-electron chi connectivity index (χ3n) is 2.46. The first-order valence-corrected chi connectivity index (χ1v) is 5.44. The van der Waals surface area contributed by atoms with E-state index in [1.807, 2.05) is 0 Å². The summed E-state index contributed by atoms with van der Waals surface area (Å²) in [4.78, 5) is 26.1. The quantitative estimate of drug-likeness (QED) is 0.839. The molecule has 1 heterocycles. The van der Waals surface area contributed by atoms with Crippen molar-refractivity contribution in [3.63, 3.8) is 0 Å². The number of methoxy groups -OCH3 is 1. The Morgan fingerprint density at radius 2 is 2.05 bits per heavy atom. The normalized spacial score (nSPS) is 10.2. The van der Waals surface area contributed by atoms with Crippen LogP contribution >= 0.6 is 0 Å². The number of ether oxygens (including phenoxy) is 2. The summed E-state index contributed by atoms with van der Waals surface area (Å²) in [5.74, 6) is -1.77. The number of fused-ring (bicyclic) bond motifs is 1. The Morgan fingerprint density at radius 3 is 2.74 bits per heavy atom.